The Morgan fingerprint density at radius 3 is 2.14 bits per heavy atom. The number of hydrogen-bond donors (Lipinski definition) is 0. The van der Waals surface area contributed by atoms with E-state index in [1.807, 2.05) is 0 Å². The minimum atomic E-state index is -3.44. The maximum Gasteiger partial charge on any atom is 0.243 e. The molecule has 0 unspecified atom stereocenters. The first-order valence-electron chi connectivity index (χ1n) is 7.42. The highest BCUT2D eigenvalue weighted by Crippen LogP contribution is 2.23. The summed E-state index contributed by atoms with van der Waals surface area (Å²) in [5.41, 5.74) is 0.111. The number of unbranched alkanes of at least 4 members (excludes halogenated alkanes) is 1. The number of benzene rings is 1. The molecule has 0 aliphatic carbocycles. The van der Waals surface area contributed by atoms with Gasteiger partial charge in [0, 0.05) is 18.1 Å². The van der Waals surface area contributed by atoms with Gasteiger partial charge in [-0.05, 0) is 42.5 Å². The topological polar surface area (TPSA) is 37.4 Å². The Kier molecular flexibility index (Phi) is 6.70. The van der Waals surface area contributed by atoms with Crippen LogP contribution in [0.3, 0.4) is 0 Å². The summed E-state index contributed by atoms with van der Waals surface area (Å²) in [6.07, 6.45) is 2.68. The highest BCUT2D eigenvalue weighted by Gasteiger charge is 2.25. The van der Waals surface area contributed by atoms with Gasteiger partial charge in [-0.3, -0.25) is 0 Å². The summed E-state index contributed by atoms with van der Waals surface area (Å²) >= 11 is 5.84. The van der Waals surface area contributed by atoms with Gasteiger partial charge in [0.1, 0.15) is 0 Å². The molecule has 0 saturated heterocycles. The van der Waals surface area contributed by atoms with Crippen molar-refractivity contribution in [2.75, 3.05) is 13.1 Å². The van der Waals surface area contributed by atoms with Crippen molar-refractivity contribution in [3.63, 3.8) is 0 Å². The smallest absolute Gasteiger partial charge is 0.207 e. The largest absolute Gasteiger partial charge is 0.243 e. The van der Waals surface area contributed by atoms with Crippen LogP contribution in [0.1, 0.15) is 47.0 Å². The summed E-state index contributed by atoms with van der Waals surface area (Å²) in [4.78, 5) is 0.317. The third-order valence-electron chi connectivity index (χ3n) is 3.32. The highest BCUT2D eigenvalue weighted by atomic mass is 35.5. The lowest BCUT2D eigenvalue weighted by molar-refractivity contribution is 0.308. The summed E-state index contributed by atoms with van der Waals surface area (Å²) in [5.74, 6) is 0. The second kappa shape index (κ2) is 7.61. The van der Waals surface area contributed by atoms with Gasteiger partial charge in [-0.1, -0.05) is 45.7 Å². The molecule has 0 N–H and O–H groups in total. The van der Waals surface area contributed by atoms with E-state index in [2.05, 4.69) is 27.7 Å². The van der Waals surface area contributed by atoms with Crippen LogP contribution in [0.5, 0.6) is 0 Å². The first kappa shape index (κ1) is 18.5. The van der Waals surface area contributed by atoms with Gasteiger partial charge in [0.05, 0.1) is 4.90 Å². The van der Waals surface area contributed by atoms with Gasteiger partial charge in [0.15, 0.2) is 0 Å². The van der Waals surface area contributed by atoms with Gasteiger partial charge < -0.3 is 0 Å². The van der Waals surface area contributed by atoms with E-state index in [9.17, 15) is 8.42 Å². The summed E-state index contributed by atoms with van der Waals surface area (Å²) in [6, 6.07) is 6.40. The Labute approximate surface area is 134 Å². The summed E-state index contributed by atoms with van der Waals surface area (Å²) in [6.45, 7) is 9.56. The van der Waals surface area contributed by atoms with E-state index in [1.54, 1.807) is 28.6 Å². The van der Waals surface area contributed by atoms with Crippen LogP contribution in [-0.2, 0) is 10.0 Å². The van der Waals surface area contributed by atoms with Crippen LogP contribution in [0, 0.1) is 5.41 Å². The molecule has 0 heterocycles. The molecule has 5 heteroatoms. The van der Waals surface area contributed by atoms with Gasteiger partial charge in [0.25, 0.3) is 0 Å². The predicted octanol–water partition coefficient (Wildman–Crippen LogP) is 4.57. The Morgan fingerprint density at radius 2 is 1.67 bits per heavy atom. The van der Waals surface area contributed by atoms with Crippen molar-refractivity contribution >= 4 is 21.6 Å². The number of sulfonamides is 1. The van der Waals surface area contributed by atoms with E-state index in [0.29, 0.717) is 23.0 Å². The molecule has 1 rings (SSSR count). The van der Waals surface area contributed by atoms with Gasteiger partial charge in [-0.15, -0.1) is 0 Å². The van der Waals surface area contributed by atoms with Crippen LogP contribution in [0.4, 0.5) is 0 Å². The molecule has 0 aromatic heterocycles. The molecule has 3 nitrogen and oxygen atoms in total. The summed E-state index contributed by atoms with van der Waals surface area (Å²) in [7, 11) is -3.44. The van der Waals surface area contributed by atoms with E-state index < -0.39 is 10.0 Å². The first-order chi connectivity index (χ1) is 9.66. The van der Waals surface area contributed by atoms with Crippen molar-refractivity contribution in [1.82, 2.24) is 4.31 Å². The number of rotatable bonds is 7. The zero-order valence-electron chi connectivity index (χ0n) is 13.4. The molecule has 120 valence electrons. The van der Waals surface area contributed by atoms with Gasteiger partial charge >= 0.3 is 0 Å². The zero-order chi connectivity index (χ0) is 16.1. The Balaban J connectivity index is 2.96. The van der Waals surface area contributed by atoms with Crippen LogP contribution >= 0.6 is 11.6 Å². The van der Waals surface area contributed by atoms with Gasteiger partial charge in [-0.2, -0.15) is 4.31 Å². The predicted molar refractivity (Wildman–Crippen MR) is 89.2 cm³/mol. The quantitative estimate of drug-likeness (QED) is 0.734. The molecule has 21 heavy (non-hydrogen) atoms. The number of nitrogens with zero attached hydrogens (tertiary/aromatic N) is 1. The van der Waals surface area contributed by atoms with E-state index in [1.165, 1.54) is 0 Å². The molecule has 0 bridgehead atoms. The maximum absolute atomic E-state index is 12.7. The normalized spacial score (nSPS) is 12.9. The number of hydrogen-bond acceptors (Lipinski definition) is 2. The first-order valence-corrected chi connectivity index (χ1v) is 9.24. The van der Waals surface area contributed by atoms with Crippen LogP contribution < -0.4 is 0 Å². The second-order valence-electron chi connectivity index (χ2n) is 6.52. The molecule has 1 aromatic carbocycles. The second-order valence-corrected chi connectivity index (χ2v) is 8.90. The van der Waals surface area contributed by atoms with Crippen LogP contribution in [0.2, 0.25) is 5.02 Å². The molecule has 0 amide bonds. The molecule has 1 aromatic rings. The Bertz CT molecular complexity index is 532. The molecule has 0 atom stereocenters. The SMILES string of the molecule is CCCCN(CCC(C)(C)C)S(=O)(=O)c1ccc(Cl)cc1. The van der Waals surface area contributed by atoms with E-state index >= 15 is 0 Å². The van der Waals surface area contributed by atoms with Crippen LogP contribution in [-0.4, -0.2) is 25.8 Å². The standard InChI is InChI=1S/C16H26ClNO2S/c1-5-6-12-18(13-11-16(2,3)4)21(19,20)15-9-7-14(17)8-10-15/h7-10H,5-6,11-13H2,1-4H3. The molecule has 0 aliphatic rings. The fourth-order valence-electron chi connectivity index (χ4n) is 1.90. The van der Waals surface area contributed by atoms with Crippen molar-refractivity contribution in [3.8, 4) is 0 Å². The lowest BCUT2D eigenvalue weighted by Crippen LogP contribution is -2.34. The van der Waals surface area contributed by atoms with Gasteiger partial charge in [-0.25, -0.2) is 8.42 Å². The lowest BCUT2D eigenvalue weighted by Gasteiger charge is -2.26. The average Bonchev–Trinajstić information content (AvgIpc) is 2.37. The van der Waals surface area contributed by atoms with Crippen molar-refractivity contribution in [2.45, 2.75) is 51.9 Å². The fraction of sp³-hybridized carbons (Fsp3) is 0.625. The molecule has 0 saturated carbocycles. The van der Waals surface area contributed by atoms with E-state index in [0.717, 1.165) is 19.3 Å². The Morgan fingerprint density at radius 1 is 1.10 bits per heavy atom. The van der Waals surface area contributed by atoms with Crippen LogP contribution in [0.25, 0.3) is 0 Å². The molecule has 0 radical (unpaired) electrons. The van der Waals surface area contributed by atoms with Crippen molar-refractivity contribution in [3.05, 3.63) is 29.3 Å². The zero-order valence-corrected chi connectivity index (χ0v) is 15.0. The minimum absolute atomic E-state index is 0.111. The monoisotopic (exact) mass is 331 g/mol. The fourth-order valence-corrected chi connectivity index (χ4v) is 3.51. The van der Waals surface area contributed by atoms with Crippen LogP contribution in [0.15, 0.2) is 29.2 Å². The minimum Gasteiger partial charge on any atom is -0.207 e. The lowest BCUT2D eigenvalue weighted by atomic mass is 9.92. The van der Waals surface area contributed by atoms with Crippen molar-refractivity contribution in [2.24, 2.45) is 5.41 Å². The molecular formula is C16H26ClNO2S. The molecule has 0 spiro atoms. The summed E-state index contributed by atoms with van der Waals surface area (Å²) in [5, 5.41) is 0.545. The van der Waals surface area contributed by atoms with Crippen molar-refractivity contribution < 1.29 is 8.42 Å². The molecular weight excluding hydrogens is 306 g/mol. The van der Waals surface area contributed by atoms with E-state index in [-0.39, 0.29) is 5.41 Å². The summed E-state index contributed by atoms with van der Waals surface area (Å²) < 4.78 is 27.1. The average molecular weight is 332 g/mol. The highest BCUT2D eigenvalue weighted by molar-refractivity contribution is 7.89. The van der Waals surface area contributed by atoms with Gasteiger partial charge in [0.2, 0.25) is 10.0 Å². The van der Waals surface area contributed by atoms with Crippen molar-refractivity contribution in [1.29, 1.82) is 0 Å². The third kappa shape index (κ3) is 5.97. The number of halogens is 1. The maximum atomic E-state index is 12.7. The third-order valence-corrected chi connectivity index (χ3v) is 5.49. The Hall–Kier alpha value is -0.580. The molecule has 0 fully saturated rings. The molecule has 0 aliphatic heterocycles. The van der Waals surface area contributed by atoms with E-state index in [4.69, 9.17) is 11.6 Å².